The Kier molecular flexibility index (Phi) is 4.33. The van der Waals surface area contributed by atoms with Gasteiger partial charge in [0.2, 0.25) is 5.91 Å². The average Bonchev–Trinajstić information content (AvgIpc) is 3.21. The number of carbonyl (C=O) groups excluding carboxylic acids is 1. The number of methoxy groups -OCH3 is 1. The van der Waals surface area contributed by atoms with Crippen LogP contribution in [0.1, 0.15) is 5.56 Å². The number of benzene rings is 2. The van der Waals surface area contributed by atoms with Crippen LogP contribution in [0.3, 0.4) is 0 Å². The maximum Gasteiger partial charge on any atom is 0.238 e. The molecule has 0 atom stereocenters. The van der Waals surface area contributed by atoms with Crippen LogP contribution in [-0.4, -0.2) is 38.6 Å². The molecule has 1 amide bonds. The third kappa shape index (κ3) is 3.15. The highest BCUT2D eigenvalue weighted by atomic mass is 16.5. The van der Waals surface area contributed by atoms with E-state index in [1.54, 1.807) is 7.11 Å². The highest BCUT2D eigenvalue weighted by Gasteiger charge is 2.23. The first-order valence-corrected chi connectivity index (χ1v) is 8.67. The van der Waals surface area contributed by atoms with Crippen molar-refractivity contribution in [2.45, 2.75) is 0 Å². The van der Waals surface area contributed by atoms with Crippen molar-refractivity contribution in [2.24, 2.45) is 10.2 Å². The molecule has 6 heteroatoms. The molecular weight excluding hydrogens is 340 g/mol. The monoisotopic (exact) mass is 360 g/mol. The number of rotatable bonds is 5. The fraction of sp³-hybridized carbons (Fsp3) is 0.190. The number of azo groups is 1. The largest absolute Gasteiger partial charge is 0.497 e. The molecule has 136 valence electrons. The molecule has 4 rings (SSSR count). The van der Waals surface area contributed by atoms with Gasteiger partial charge in [-0.2, -0.15) is 0 Å². The van der Waals surface area contributed by atoms with Crippen molar-refractivity contribution in [3.05, 3.63) is 64.0 Å². The van der Waals surface area contributed by atoms with Crippen LogP contribution >= 0.6 is 0 Å². The number of nitrogens with zero attached hydrogens (tertiary/aromatic N) is 3. The Hall–Kier alpha value is -3.25. The number of hydrogen-bond acceptors (Lipinski definition) is 5. The van der Waals surface area contributed by atoms with Gasteiger partial charge in [0, 0.05) is 27.3 Å². The first-order valence-electron chi connectivity index (χ1n) is 8.67. The van der Waals surface area contributed by atoms with Crippen LogP contribution in [0.15, 0.2) is 58.3 Å². The Bertz CT molecular complexity index is 1100. The van der Waals surface area contributed by atoms with E-state index in [1.807, 2.05) is 61.5 Å². The molecule has 0 saturated heterocycles. The molecule has 1 aliphatic carbocycles. The number of anilines is 1. The lowest BCUT2D eigenvalue weighted by molar-refractivity contribution is -0.116. The summed E-state index contributed by atoms with van der Waals surface area (Å²) in [5, 5.41) is 13.7. The van der Waals surface area contributed by atoms with Crippen LogP contribution in [0.4, 0.5) is 5.69 Å². The van der Waals surface area contributed by atoms with Crippen LogP contribution in [0.2, 0.25) is 0 Å². The zero-order valence-electron chi connectivity index (χ0n) is 15.5. The third-order valence-corrected chi connectivity index (χ3v) is 4.51. The molecule has 2 aromatic carbocycles. The topological polar surface area (TPSA) is 66.3 Å². The molecule has 0 aromatic heterocycles. The van der Waals surface area contributed by atoms with Crippen LogP contribution in [-0.2, 0) is 4.79 Å². The fourth-order valence-corrected chi connectivity index (χ4v) is 3.28. The molecule has 0 radical (unpaired) electrons. The lowest BCUT2D eigenvalue weighted by atomic mass is 10.1. The van der Waals surface area contributed by atoms with Gasteiger partial charge in [-0.3, -0.25) is 4.79 Å². The second kappa shape index (κ2) is 6.81. The minimum absolute atomic E-state index is 0.0464. The smallest absolute Gasteiger partial charge is 0.238 e. The maximum atomic E-state index is 12.2. The van der Waals surface area contributed by atoms with E-state index in [4.69, 9.17) is 4.74 Å². The standard InChI is InChI=1S/C21H20N4O2/c1-25(2)12-19(26)22-18-6-4-5-15-16(18)11-17-20(23-24-21(15)17)13-7-9-14(27-3)10-8-13/h4-11H,12H2,1-3H3,(H,22,26). The predicted molar refractivity (Wildman–Crippen MR) is 106 cm³/mol. The Morgan fingerprint density at radius 3 is 2.52 bits per heavy atom. The molecule has 1 N–H and O–H groups in total. The van der Waals surface area contributed by atoms with Gasteiger partial charge in [0.1, 0.15) is 17.1 Å². The Labute approximate surface area is 157 Å². The van der Waals surface area contributed by atoms with E-state index >= 15 is 0 Å². The van der Waals surface area contributed by atoms with Crippen molar-refractivity contribution >= 4 is 29.1 Å². The van der Waals surface area contributed by atoms with Gasteiger partial charge in [-0.1, -0.05) is 12.1 Å². The normalized spacial score (nSPS) is 14.3. The first kappa shape index (κ1) is 17.2. The molecule has 1 aliphatic heterocycles. The summed E-state index contributed by atoms with van der Waals surface area (Å²) in [5.41, 5.74) is 4.42. The molecule has 0 saturated carbocycles. The van der Waals surface area contributed by atoms with E-state index in [0.29, 0.717) is 6.54 Å². The van der Waals surface area contributed by atoms with Crippen molar-refractivity contribution in [1.82, 2.24) is 4.90 Å². The zero-order chi connectivity index (χ0) is 19.0. The third-order valence-electron chi connectivity index (χ3n) is 4.51. The van der Waals surface area contributed by atoms with Crippen LogP contribution in [0.25, 0.3) is 17.5 Å². The Morgan fingerprint density at radius 2 is 1.81 bits per heavy atom. The lowest BCUT2D eigenvalue weighted by Gasteiger charge is -2.10. The number of carbonyl (C=O) groups is 1. The Balaban J connectivity index is 1.76. The van der Waals surface area contributed by atoms with Crippen molar-refractivity contribution in [3.8, 4) is 5.75 Å². The van der Waals surface area contributed by atoms with E-state index in [1.165, 1.54) is 0 Å². The highest BCUT2D eigenvalue weighted by molar-refractivity contribution is 5.98. The first-order chi connectivity index (χ1) is 13.1. The summed E-state index contributed by atoms with van der Waals surface area (Å²) in [6.45, 7) is 0.333. The van der Waals surface area contributed by atoms with Crippen molar-refractivity contribution < 1.29 is 9.53 Å². The quantitative estimate of drug-likeness (QED) is 0.887. The molecule has 27 heavy (non-hydrogen) atoms. The maximum absolute atomic E-state index is 12.2. The predicted octanol–water partition coefficient (Wildman–Crippen LogP) is 1.97. The van der Waals surface area contributed by atoms with Crippen LogP contribution < -0.4 is 20.5 Å². The van der Waals surface area contributed by atoms with E-state index in [9.17, 15) is 4.79 Å². The van der Waals surface area contributed by atoms with Gasteiger partial charge < -0.3 is 15.0 Å². The zero-order valence-corrected chi connectivity index (χ0v) is 15.5. The summed E-state index contributed by atoms with van der Waals surface area (Å²) in [6.07, 6.45) is 2.05. The number of likely N-dealkylation sites (N-methyl/N-ethyl adjacent to an activating group) is 1. The van der Waals surface area contributed by atoms with E-state index in [2.05, 4.69) is 21.6 Å². The van der Waals surface area contributed by atoms with Crippen molar-refractivity contribution in [1.29, 1.82) is 0 Å². The fourth-order valence-electron chi connectivity index (χ4n) is 3.28. The van der Waals surface area contributed by atoms with E-state index in [0.717, 1.165) is 44.4 Å². The number of fused-ring (bicyclic) bond motifs is 2. The molecule has 0 unspecified atom stereocenters. The SMILES string of the molecule is COc1ccc(C2=C3C=c4c(NC(=O)CN(C)C)cccc4=C3N=N2)cc1. The van der Waals surface area contributed by atoms with Crippen LogP contribution in [0.5, 0.6) is 5.75 Å². The van der Waals surface area contributed by atoms with Gasteiger partial charge in [0.15, 0.2) is 0 Å². The second-order valence-electron chi connectivity index (χ2n) is 6.74. The van der Waals surface area contributed by atoms with Crippen molar-refractivity contribution in [3.63, 3.8) is 0 Å². The minimum atomic E-state index is -0.0464. The summed E-state index contributed by atoms with van der Waals surface area (Å²) >= 11 is 0. The molecule has 2 aliphatic rings. The summed E-state index contributed by atoms with van der Waals surface area (Å²) in [5.74, 6) is 0.753. The van der Waals surface area contributed by atoms with Gasteiger partial charge in [0.25, 0.3) is 0 Å². The minimum Gasteiger partial charge on any atom is -0.497 e. The number of amides is 1. The molecule has 0 fully saturated rings. The Morgan fingerprint density at radius 1 is 1.07 bits per heavy atom. The summed E-state index contributed by atoms with van der Waals surface area (Å²) in [6, 6.07) is 13.6. The second-order valence-corrected chi connectivity index (χ2v) is 6.74. The van der Waals surface area contributed by atoms with Gasteiger partial charge >= 0.3 is 0 Å². The number of nitrogens with one attached hydrogen (secondary N) is 1. The van der Waals surface area contributed by atoms with Crippen LogP contribution in [0, 0.1) is 0 Å². The van der Waals surface area contributed by atoms with Crippen molar-refractivity contribution in [2.75, 3.05) is 33.1 Å². The summed E-state index contributed by atoms with van der Waals surface area (Å²) in [4.78, 5) is 14.0. The molecule has 0 spiro atoms. The van der Waals surface area contributed by atoms with Gasteiger partial charge in [0.05, 0.1) is 13.7 Å². The summed E-state index contributed by atoms with van der Waals surface area (Å²) < 4.78 is 5.22. The number of hydrogen-bond donors (Lipinski definition) is 1. The molecule has 0 bridgehead atoms. The molecule has 2 aromatic rings. The molecule has 6 nitrogen and oxygen atoms in total. The average molecular weight is 360 g/mol. The van der Waals surface area contributed by atoms with E-state index < -0.39 is 0 Å². The number of ether oxygens (including phenoxy) is 1. The molecular formula is C21H20N4O2. The molecule has 1 heterocycles. The van der Waals surface area contributed by atoms with Gasteiger partial charge in [-0.15, -0.1) is 10.2 Å². The van der Waals surface area contributed by atoms with Gasteiger partial charge in [-0.25, -0.2) is 0 Å². The van der Waals surface area contributed by atoms with E-state index in [-0.39, 0.29) is 5.91 Å². The van der Waals surface area contributed by atoms with Gasteiger partial charge in [-0.05, 0) is 50.5 Å². The highest BCUT2D eigenvalue weighted by Crippen LogP contribution is 2.35. The lowest BCUT2D eigenvalue weighted by Crippen LogP contribution is -2.32. The summed E-state index contributed by atoms with van der Waals surface area (Å²) in [7, 11) is 5.38.